The lowest BCUT2D eigenvalue weighted by molar-refractivity contribution is -0.121. The standard InChI is InChI=1S/C26H43NO5S/c1-17(4-9-24(29)27-14-15-33(30,31)32)21-7-8-22-20-6-5-18-16-19(28)10-12-25(18,2)23(20)11-13-26(21,22)3/h17-19,21,23,28H,4-16H2,1-3H3,(H,27,29)(H,30,31,32)/t17-,18-,19-,21-,23+,25+,26-/m1/s1. The number of allylic oxidation sites excluding steroid dienone is 2. The van der Waals surface area contributed by atoms with Crippen molar-refractivity contribution in [3.05, 3.63) is 11.1 Å². The molecule has 0 radical (unpaired) electrons. The number of carbonyl (C=O) groups is 1. The predicted octanol–water partition coefficient (Wildman–Crippen LogP) is 4.49. The molecular formula is C26H43NO5S. The minimum atomic E-state index is -4.04. The minimum Gasteiger partial charge on any atom is -0.393 e. The van der Waals surface area contributed by atoms with Gasteiger partial charge in [0.25, 0.3) is 10.1 Å². The Morgan fingerprint density at radius 3 is 2.64 bits per heavy atom. The molecule has 3 N–H and O–H groups in total. The third kappa shape index (κ3) is 4.92. The summed E-state index contributed by atoms with van der Waals surface area (Å²) < 4.78 is 30.5. The van der Waals surface area contributed by atoms with Crippen molar-refractivity contribution < 1.29 is 22.9 Å². The quantitative estimate of drug-likeness (QED) is 0.367. The second-order valence-corrected chi connectivity index (χ2v) is 13.6. The van der Waals surface area contributed by atoms with E-state index in [2.05, 4.69) is 26.1 Å². The highest BCUT2D eigenvalue weighted by Crippen LogP contribution is 2.65. The van der Waals surface area contributed by atoms with Crippen LogP contribution in [-0.2, 0) is 14.9 Å². The molecule has 0 aromatic rings. The molecule has 0 unspecified atom stereocenters. The molecule has 7 heteroatoms. The van der Waals surface area contributed by atoms with E-state index in [0.29, 0.717) is 35.5 Å². The lowest BCUT2D eigenvalue weighted by atomic mass is 9.49. The van der Waals surface area contributed by atoms with Crippen LogP contribution in [0.25, 0.3) is 0 Å². The SMILES string of the molecule is C[C@H](CCC(=O)NCCS(=O)(=O)O)[C@H]1CCC2=C3CC[C@@H]4C[C@H](O)CC[C@]4(C)[C@H]3CC[C@@]21C. The van der Waals surface area contributed by atoms with Crippen molar-refractivity contribution in [2.45, 2.75) is 97.5 Å². The number of rotatable bonds is 7. The van der Waals surface area contributed by atoms with Crippen LogP contribution in [0.4, 0.5) is 0 Å². The van der Waals surface area contributed by atoms with Gasteiger partial charge in [0, 0.05) is 13.0 Å². The normalized spacial score (nSPS) is 39.4. The van der Waals surface area contributed by atoms with Crippen LogP contribution in [-0.4, -0.2) is 42.4 Å². The lowest BCUT2D eigenvalue weighted by Crippen LogP contribution is -2.48. The summed E-state index contributed by atoms with van der Waals surface area (Å²) in [4.78, 5) is 12.2. The molecule has 4 aliphatic rings. The van der Waals surface area contributed by atoms with Crippen LogP contribution in [0.5, 0.6) is 0 Å². The minimum absolute atomic E-state index is 0.0401. The van der Waals surface area contributed by atoms with Gasteiger partial charge in [0.1, 0.15) is 0 Å². The number of amides is 1. The summed E-state index contributed by atoms with van der Waals surface area (Å²) in [6, 6.07) is 0. The van der Waals surface area contributed by atoms with E-state index in [-0.39, 0.29) is 24.0 Å². The van der Waals surface area contributed by atoms with Gasteiger partial charge in [-0.2, -0.15) is 8.42 Å². The second kappa shape index (κ2) is 9.27. The first kappa shape index (κ1) is 25.2. The highest BCUT2D eigenvalue weighted by atomic mass is 32.2. The Morgan fingerprint density at radius 1 is 1.15 bits per heavy atom. The third-order valence-electron chi connectivity index (χ3n) is 10.2. The molecule has 0 saturated heterocycles. The number of nitrogens with one attached hydrogen (secondary N) is 1. The van der Waals surface area contributed by atoms with E-state index in [4.69, 9.17) is 4.55 Å². The van der Waals surface area contributed by atoms with Gasteiger partial charge in [-0.25, -0.2) is 0 Å². The first-order valence-corrected chi connectivity index (χ1v) is 14.7. The van der Waals surface area contributed by atoms with E-state index in [1.54, 1.807) is 11.1 Å². The zero-order chi connectivity index (χ0) is 24.0. The molecule has 6 nitrogen and oxygen atoms in total. The number of aliphatic hydroxyl groups is 1. The number of carbonyl (C=O) groups excluding carboxylic acids is 1. The van der Waals surface area contributed by atoms with Crippen LogP contribution in [0.3, 0.4) is 0 Å². The Labute approximate surface area is 199 Å². The van der Waals surface area contributed by atoms with Crippen LogP contribution in [0.15, 0.2) is 11.1 Å². The van der Waals surface area contributed by atoms with Crippen molar-refractivity contribution in [2.75, 3.05) is 12.3 Å². The Bertz CT molecular complexity index is 898. The molecule has 0 aromatic carbocycles. The molecule has 0 bridgehead atoms. The molecule has 0 heterocycles. The van der Waals surface area contributed by atoms with Crippen molar-refractivity contribution >= 4 is 16.0 Å². The largest absolute Gasteiger partial charge is 0.393 e. The van der Waals surface area contributed by atoms with Gasteiger partial charge in [0.15, 0.2) is 0 Å². The monoisotopic (exact) mass is 481 g/mol. The van der Waals surface area contributed by atoms with Crippen molar-refractivity contribution in [1.82, 2.24) is 5.32 Å². The third-order valence-corrected chi connectivity index (χ3v) is 11.0. The van der Waals surface area contributed by atoms with E-state index < -0.39 is 15.9 Å². The van der Waals surface area contributed by atoms with Gasteiger partial charge in [0.2, 0.25) is 5.91 Å². The maximum absolute atomic E-state index is 12.2. The van der Waals surface area contributed by atoms with Gasteiger partial charge in [-0.1, -0.05) is 31.9 Å². The van der Waals surface area contributed by atoms with E-state index in [0.717, 1.165) is 25.7 Å². The fraction of sp³-hybridized carbons (Fsp3) is 0.885. The Kier molecular flexibility index (Phi) is 7.07. The number of hydrogen-bond acceptors (Lipinski definition) is 4. The number of aliphatic hydroxyl groups excluding tert-OH is 1. The van der Waals surface area contributed by atoms with Gasteiger partial charge >= 0.3 is 0 Å². The Hall–Kier alpha value is -0.920. The smallest absolute Gasteiger partial charge is 0.266 e. The lowest BCUT2D eigenvalue weighted by Gasteiger charge is -2.56. The van der Waals surface area contributed by atoms with Gasteiger partial charge in [0.05, 0.1) is 11.9 Å². The van der Waals surface area contributed by atoms with Crippen molar-refractivity contribution in [1.29, 1.82) is 0 Å². The molecule has 0 spiro atoms. The predicted molar refractivity (Wildman–Crippen MR) is 129 cm³/mol. The highest BCUT2D eigenvalue weighted by molar-refractivity contribution is 7.85. The first-order valence-electron chi connectivity index (χ1n) is 13.1. The maximum atomic E-state index is 12.2. The van der Waals surface area contributed by atoms with Crippen molar-refractivity contribution in [3.63, 3.8) is 0 Å². The van der Waals surface area contributed by atoms with Crippen LogP contribution >= 0.6 is 0 Å². The van der Waals surface area contributed by atoms with Crippen molar-refractivity contribution in [2.24, 2.45) is 34.5 Å². The topological polar surface area (TPSA) is 104 Å². The summed E-state index contributed by atoms with van der Waals surface area (Å²) in [6.07, 6.45) is 11.5. The zero-order valence-electron chi connectivity index (χ0n) is 20.6. The molecule has 3 fully saturated rings. The molecule has 4 rings (SSSR count). The molecule has 4 aliphatic carbocycles. The Balaban J connectivity index is 1.40. The van der Waals surface area contributed by atoms with E-state index in [9.17, 15) is 18.3 Å². The van der Waals surface area contributed by atoms with Gasteiger partial charge in [-0.05, 0) is 98.7 Å². The Morgan fingerprint density at radius 2 is 1.91 bits per heavy atom. The second-order valence-electron chi connectivity index (χ2n) is 12.0. The fourth-order valence-corrected chi connectivity index (χ4v) is 8.75. The average Bonchev–Trinajstić information content (AvgIpc) is 3.09. The molecule has 0 aromatic heterocycles. The summed E-state index contributed by atoms with van der Waals surface area (Å²) in [6.45, 7) is 7.22. The van der Waals surface area contributed by atoms with Crippen LogP contribution in [0, 0.1) is 34.5 Å². The molecular weight excluding hydrogens is 438 g/mol. The molecule has 188 valence electrons. The molecule has 7 atom stereocenters. The number of hydrogen-bond donors (Lipinski definition) is 3. The summed E-state index contributed by atoms with van der Waals surface area (Å²) in [7, 11) is -4.04. The fourth-order valence-electron chi connectivity index (χ4n) is 8.39. The van der Waals surface area contributed by atoms with Gasteiger partial charge in [-0.3, -0.25) is 9.35 Å². The van der Waals surface area contributed by atoms with E-state index in [1.807, 2.05) is 0 Å². The summed E-state index contributed by atoms with van der Waals surface area (Å²) >= 11 is 0. The molecule has 1 amide bonds. The number of fused-ring (bicyclic) bond motifs is 4. The van der Waals surface area contributed by atoms with Crippen LogP contribution < -0.4 is 5.32 Å². The van der Waals surface area contributed by atoms with Crippen LogP contribution in [0.1, 0.15) is 91.4 Å². The van der Waals surface area contributed by atoms with E-state index >= 15 is 0 Å². The molecule has 0 aliphatic heterocycles. The maximum Gasteiger partial charge on any atom is 0.266 e. The summed E-state index contributed by atoms with van der Waals surface area (Å²) in [5.41, 5.74) is 4.09. The zero-order valence-corrected chi connectivity index (χ0v) is 21.4. The average molecular weight is 482 g/mol. The van der Waals surface area contributed by atoms with Gasteiger partial charge in [-0.15, -0.1) is 0 Å². The van der Waals surface area contributed by atoms with E-state index in [1.165, 1.54) is 38.5 Å². The first-order chi connectivity index (χ1) is 15.4. The molecule has 3 saturated carbocycles. The van der Waals surface area contributed by atoms with Crippen molar-refractivity contribution in [3.8, 4) is 0 Å². The highest BCUT2D eigenvalue weighted by Gasteiger charge is 2.55. The molecule has 33 heavy (non-hydrogen) atoms. The summed E-state index contributed by atoms with van der Waals surface area (Å²) in [5.74, 6) is 1.80. The summed E-state index contributed by atoms with van der Waals surface area (Å²) in [5, 5.41) is 12.9. The van der Waals surface area contributed by atoms with Gasteiger partial charge < -0.3 is 10.4 Å². The van der Waals surface area contributed by atoms with Crippen LogP contribution in [0.2, 0.25) is 0 Å².